The Hall–Kier alpha value is -0.820. The number of benzene rings is 1. The Morgan fingerprint density at radius 1 is 1.11 bits per heavy atom. The van der Waals surface area contributed by atoms with Gasteiger partial charge in [0.25, 0.3) is 0 Å². The number of aliphatic hydroxyl groups excluding tert-OH is 1. The fourth-order valence-corrected chi connectivity index (χ4v) is 4.07. The van der Waals surface area contributed by atoms with E-state index >= 15 is 0 Å². The largest absolute Gasteiger partial charge is 0.392 e. The molecular weight excluding hydrogens is 220 g/mol. The fourth-order valence-electron chi connectivity index (χ4n) is 4.07. The molecule has 1 aromatic carbocycles. The maximum Gasteiger partial charge on any atom is 0.0611 e. The van der Waals surface area contributed by atoms with E-state index in [9.17, 15) is 5.11 Å². The third-order valence-electron chi connectivity index (χ3n) is 5.16. The highest BCUT2D eigenvalue weighted by Gasteiger charge is 2.42. The van der Waals surface area contributed by atoms with E-state index in [1.165, 1.54) is 36.8 Å². The summed E-state index contributed by atoms with van der Waals surface area (Å²) < 4.78 is 0. The SMILES string of the molecule is CCc1ccc(CC(O)C2CC3CCC2C3)cc1. The summed E-state index contributed by atoms with van der Waals surface area (Å²) in [6.45, 7) is 2.18. The molecule has 0 aliphatic heterocycles. The van der Waals surface area contributed by atoms with Crippen LogP contribution in [0, 0.1) is 17.8 Å². The number of aliphatic hydroxyl groups is 1. The Balaban J connectivity index is 1.61. The second-order valence-corrected chi connectivity index (χ2v) is 6.28. The van der Waals surface area contributed by atoms with Gasteiger partial charge in [-0.15, -0.1) is 0 Å². The minimum absolute atomic E-state index is 0.118. The predicted octanol–water partition coefficient (Wildman–Crippen LogP) is 3.59. The van der Waals surface area contributed by atoms with Crippen LogP contribution in [0.1, 0.15) is 43.7 Å². The first-order valence-electron chi connectivity index (χ1n) is 7.52. The van der Waals surface area contributed by atoms with Crippen molar-refractivity contribution in [2.24, 2.45) is 17.8 Å². The van der Waals surface area contributed by atoms with Crippen molar-refractivity contribution in [2.75, 3.05) is 0 Å². The van der Waals surface area contributed by atoms with Crippen LogP contribution in [0.25, 0.3) is 0 Å². The molecule has 2 saturated carbocycles. The Bertz CT molecular complexity index is 395. The van der Waals surface area contributed by atoms with Gasteiger partial charge < -0.3 is 5.11 Å². The Morgan fingerprint density at radius 2 is 1.83 bits per heavy atom. The Morgan fingerprint density at radius 3 is 2.39 bits per heavy atom. The van der Waals surface area contributed by atoms with Crippen LogP contribution >= 0.6 is 0 Å². The normalized spacial score (nSPS) is 31.8. The third-order valence-corrected chi connectivity index (χ3v) is 5.16. The van der Waals surface area contributed by atoms with Crippen molar-refractivity contribution in [1.29, 1.82) is 0 Å². The Kier molecular flexibility index (Phi) is 3.43. The lowest BCUT2D eigenvalue weighted by atomic mass is 9.82. The maximum absolute atomic E-state index is 10.5. The average molecular weight is 244 g/mol. The van der Waals surface area contributed by atoms with Crippen LogP contribution in [0.3, 0.4) is 0 Å². The minimum atomic E-state index is -0.118. The van der Waals surface area contributed by atoms with Gasteiger partial charge in [-0.1, -0.05) is 37.6 Å². The molecule has 1 N–H and O–H groups in total. The van der Waals surface area contributed by atoms with Crippen LogP contribution in [-0.2, 0) is 12.8 Å². The lowest BCUT2D eigenvalue weighted by Gasteiger charge is -2.26. The molecular formula is C17H24O. The highest BCUT2D eigenvalue weighted by Crippen LogP contribution is 2.49. The summed E-state index contributed by atoms with van der Waals surface area (Å²) in [5.74, 6) is 2.33. The summed E-state index contributed by atoms with van der Waals surface area (Å²) >= 11 is 0. The lowest BCUT2D eigenvalue weighted by Crippen LogP contribution is -2.27. The van der Waals surface area contributed by atoms with E-state index in [1.54, 1.807) is 0 Å². The monoisotopic (exact) mass is 244 g/mol. The van der Waals surface area contributed by atoms with E-state index in [1.807, 2.05) is 0 Å². The summed E-state index contributed by atoms with van der Waals surface area (Å²) in [6.07, 6.45) is 7.26. The fraction of sp³-hybridized carbons (Fsp3) is 0.647. The standard InChI is InChI=1S/C17H24O/c1-2-12-3-5-13(6-4-12)11-17(18)16-10-14-7-8-15(16)9-14/h3-6,14-18H,2,7-11H2,1H3. The molecule has 2 bridgehead atoms. The second-order valence-electron chi connectivity index (χ2n) is 6.28. The van der Waals surface area contributed by atoms with Gasteiger partial charge in [0.1, 0.15) is 0 Å². The number of rotatable bonds is 4. The van der Waals surface area contributed by atoms with E-state index in [4.69, 9.17) is 0 Å². The van der Waals surface area contributed by atoms with Crippen LogP contribution in [0.4, 0.5) is 0 Å². The summed E-state index contributed by atoms with van der Waals surface area (Å²) in [6, 6.07) is 8.77. The van der Waals surface area contributed by atoms with Crippen LogP contribution in [0.5, 0.6) is 0 Å². The van der Waals surface area contributed by atoms with Gasteiger partial charge in [0, 0.05) is 0 Å². The molecule has 0 aromatic heterocycles. The van der Waals surface area contributed by atoms with E-state index in [-0.39, 0.29) is 6.10 Å². The van der Waals surface area contributed by atoms with Crippen LogP contribution in [0.2, 0.25) is 0 Å². The summed E-state index contributed by atoms with van der Waals surface area (Å²) in [4.78, 5) is 0. The molecule has 98 valence electrons. The third kappa shape index (κ3) is 2.33. The van der Waals surface area contributed by atoms with Crippen molar-refractivity contribution in [2.45, 2.75) is 51.6 Å². The summed E-state index contributed by atoms with van der Waals surface area (Å²) in [5, 5.41) is 10.5. The molecule has 4 unspecified atom stereocenters. The molecule has 0 spiro atoms. The molecule has 0 saturated heterocycles. The zero-order valence-electron chi connectivity index (χ0n) is 11.3. The molecule has 0 amide bonds. The predicted molar refractivity (Wildman–Crippen MR) is 74.5 cm³/mol. The molecule has 2 aliphatic rings. The molecule has 0 heterocycles. The van der Waals surface area contributed by atoms with Gasteiger partial charge >= 0.3 is 0 Å². The highest BCUT2D eigenvalue weighted by molar-refractivity contribution is 5.23. The van der Waals surface area contributed by atoms with Crippen molar-refractivity contribution in [3.63, 3.8) is 0 Å². The quantitative estimate of drug-likeness (QED) is 0.858. The van der Waals surface area contributed by atoms with E-state index in [0.29, 0.717) is 5.92 Å². The molecule has 1 aromatic rings. The minimum Gasteiger partial charge on any atom is -0.392 e. The lowest BCUT2D eigenvalue weighted by molar-refractivity contribution is 0.0751. The van der Waals surface area contributed by atoms with Crippen molar-refractivity contribution >= 4 is 0 Å². The second kappa shape index (κ2) is 5.05. The Labute approximate surface area is 110 Å². The van der Waals surface area contributed by atoms with E-state index < -0.39 is 0 Å². The summed E-state index contributed by atoms with van der Waals surface area (Å²) in [7, 11) is 0. The number of hydrogen-bond donors (Lipinski definition) is 1. The van der Waals surface area contributed by atoms with Crippen molar-refractivity contribution < 1.29 is 5.11 Å². The molecule has 4 atom stereocenters. The van der Waals surface area contributed by atoms with Gasteiger partial charge in [0.15, 0.2) is 0 Å². The molecule has 2 fully saturated rings. The molecule has 3 rings (SSSR count). The van der Waals surface area contributed by atoms with E-state index in [2.05, 4.69) is 31.2 Å². The first kappa shape index (κ1) is 12.2. The van der Waals surface area contributed by atoms with Gasteiger partial charge in [-0.05, 0) is 61.0 Å². The summed E-state index contributed by atoms with van der Waals surface area (Å²) in [5.41, 5.74) is 2.68. The number of hydrogen-bond acceptors (Lipinski definition) is 1. The van der Waals surface area contributed by atoms with Crippen LogP contribution in [-0.4, -0.2) is 11.2 Å². The average Bonchev–Trinajstić information content (AvgIpc) is 3.02. The maximum atomic E-state index is 10.5. The topological polar surface area (TPSA) is 20.2 Å². The van der Waals surface area contributed by atoms with Crippen molar-refractivity contribution in [3.8, 4) is 0 Å². The van der Waals surface area contributed by atoms with E-state index in [0.717, 1.165) is 24.7 Å². The number of aryl methyl sites for hydroxylation is 1. The van der Waals surface area contributed by atoms with Crippen LogP contribution in [0.15, 0.2) is 24.3 Å². The molecule has 1 nitrogen and oxygen atoms in total. The first-order valence-corrected chi connectivity index (χ1v) is 7.52. The van der Waals surface area contributed by atoms with Crippen LogP contribution < -0.4 is 0 Å². The smallest absolute Gasteiger partial charge is 0.0611 e. The molecule has 2 aliphatic carbocycles. The van der Waals surface area contributed by atoms with Crippen molar-refractivity contribution in [1.82, 2.24) is 0 Å². The van der Waals surface area contributed by atoms with Gasteiger partial charge in [0.05, 0.1) is 6.10 Å². The number of fused-ring (bicyclic) bond motifs is 2. The van der Waals surface area contributed by atoms with Crippen molar-refractivity contribution in [3.05, 3.63) is 35.4 Å². The molecule has 18 heavy (non-hydrogen) atoms. The zero-order valence-corrected chi connectivity index (χ0v) is 11.3. The van der Waals surface area contributed by atoms with Gasteiger partial charge in [-0.2, -0.15) is 0 Å². The molecule has 0 radical (unpaired) electrons. The zero-order chi connectivity index (χ0) is 12.5. The highest BCUT2D eigenvalue weighted by atomic mass is 16.3. The van der Waals surface area contributed by atoms with Gasteiger partial charge in [-0.3, -0.25) is 0 Å². The van der Waals surface area contributed by atoms with Gasteiger partial charge in [-0.25, -0.2) is 0 Å². The van der Waals surface area contributed by atoms with Gasteiger partial charge in [0.2, 0.25) is 0 Å². The molecule has 1 heteroatoms. The first-order chi connectivity index (χ1) is 8.76.